The Morgan fingerprint density at radius 3 is 1.46 bits per heavy atom. The summed E-state index contributed by atoms with van der Waals surface area (Å²) in [6.45, 7) is 0.188. The van der Waals surface area contributed by atoms with Crippen molar-refractivity contribution < 1.29 is 29.4 Å². The molecule has 0 fully saturated rings. The van der Waals surface area contributed by atoms with Crippen molar-refractivity contribution in [3.05, 3.63) is 58.7 Å². The molecule has 0 radical (unpaired) electrons. The summed E-state index contributed by atoms with van der Waals surface area (Å²) in [5.74, 6) is -2.66. The molecular weight excluding hydrogens is 364 g/mol. The van der Waals surface area contributed by atoms with Crippen molar-refractivity contribution in [2.45, 2.75) is 12.8 Å². The normalized spacial score (nSPS) is 12.1. The van der Waals surface area contributed by atoms with E-state index in [4.69, 9.17) is 10.2 Å². The molecule has 0 spiro atoms. The third-order valence-electron chi connectivity index (χ3n) is 4.38. The molecule has 0 bridgehead atoms. The highest BCUT2D eigenvalue weighted by Gasteiger charge is 2.33. The third kappa shape index (κ3) is 3.71. The van der Waals surface area contributed by atoms with Crippen LogP contribution in [-0.4, -0.2) is 46.8 Å². The lowest BCUT2D eigenvalue weighted by molar-refractivity contribution is -0.137. The minimum atomic E-state index is -0.985. The Balaban J connectivity index is 2.04. The summed E-state index contributed by atoms with van der Waals surface area (Å²) in [7, 11) is 0. The van der Waals surface area contributed by atoms with Gasteiger partial charge in [0.25, 0.3) is 0 Å². The van der Waals surface area contributed by atoms with Gasteiger partial charge < -0.3 is 20.8 Å². The van der Waals surface area contributed by atoms with Crippen LogP contribution in [0.4, 0.5) is 11.4 Å². The molecule has 144 valence electrons. The molecule has 4 N–H and O–H groups in total. The quantitative estimate of drug-likeness (QED) is 0.466. The van der Waals surface area contributed by atoms with Crippen LogP contribution >= 0.6 is 0 Å². The average Bonchev–Trinajstić information content (AvgIpc) is 2.66. The van der Waals surface area contributed by atoms with Crippen molar-refractivity contribution in [1.82, 2.24) is 0 Å². The summed E-state index contributed by atoms with van der Waals surface area (Å²) in [6, 6.07) is 9.66. The van der Waals surface area contributed by atoms with Crippen LogP contribution in [-0.2, 0) is 9.59 Å². The Kier molecular flexibility index (Phi) is 5.39. The number of carboxylic acids is 2. The monoisotopic (exact) mass is 382 g/mol. The molecule has 3 rings (SSSR count). The number of carbonyl (C=O) groups excluding carboxylic acids is 2. The molecule has 0 aliphatic heterocycles. The molecular formula is C20H18N2O6. The van der Waals surface area contributed by atoms with E-state index in [0.717, 1.165) is 0 Å². The van der Waals surface area contributed by atoms with E-state index in [0.29, 0.717) is 11.4 Å². The maximum Gasteiger partial charge on any atom is 0.305 e. The van der Waals surface area contributed by atoms with E-state index in [1.807, 2.05) is 0 Å². The van der Waals surface area contributed by atoms with Crippen LogP contribution in [0.2, 0.25) is 0 Å². The zero-order chi connectivity index (χ0) is 20.3. The second kappa shape index (κ2) is 7.91. The van der Waals surface area contributed by atoms with Crippen molar-refractivity contribution in [1.29, 1.82) is 0 Å². The minimum absolute atomic E-state index is 0.0939. The molecule has 0 atom stereocenters. The maximum atomic E-state index is 13.1. The lowest BCUT2D eigenvalue weighted by atomic mass is 9.82. The van der Waals surface area contributed by atoms with E-state index in [1.54, 1.807) is 36.4 Å². The number of carbonyl (C=O) groups is 4. The van der Waals surface area contributed by atoms with Crippen LogP contribution in [0.1, 0.15) is 44.7 Å². The predicted octanol–water partition coefficient (Wildman–Crippen LogP) is 2.24. The van der Waals surface area contributed by atoms with Gasteiger partial charge in [0.1, 0.15) is 0 Å². The van der Waals surface area contributed by atoms with Gasteiger partial charge in [0.15, 0.2) is 11.6 Å². The summed E-state index contributed by atoms with van der Waals surface area (Å²) in [5, 5.41) is 23.5. The fourth-order valence-electron chi connectivity index (χ4n) is 3.13. The van der Waals surface area contributed by atoms with Crippen LogP contribution < -0.4 is 10.6 Å². The van der Waals surface area contributed by atoms with E-state index >= 15 is 0 Å². The van der Waals surface area contributed by atoms with E-state index in [-0.39, 0.29) is 59.8 Å². The van der Waals surface area contributed by atoms with Gasteiger partial charge in [-0.25, -0.2) is 0 Å². The molecule has 0 heterocycles. The molecule has 0 amide bonds. The van der Waals surface area contributed by atoms with Crippen LogP contribution in [0, 0.1) is 0 Å². The van der Waals surface area contributed by atoms with E-state index in [9.17, 15) is 19.2 Å². The van der Waals surface area contributed by atoms with Crippen molar-refractivity contribution in [2.75, 3.05) is 23.7 Å². The number of nitrogens with one attached hydrogen (secondary N) is 2. The number of rotatable bonds is 8. The highest BCUT2D eigenvalue weighted by molar-refractivity contribution is 6.31. The zero-order valence-electron chi connectivity index (χ0n) is 14.8. The number of fused-ring (bicyclic) bond motifs is 2. The van der Waals surface area contributed by atoms with Gasteiger partial charge in [-0.15, -0.1) is 0 Å². The summed E-state index contributed by atoms with van der Waals surface area (Å²) >= 11 is 0. The third-order valence-corrected chi connectivity index (χ3v) is 4.38. The van der Waals surface area contributed by atoms with Crippen molar-refractivity contribution in [3.8, 4) is 0 Å². The number of anilines is 2. The topological polar surface area (TPSA) is 133 Å². The number of hydrogen-bond acceptors (Lipinski definition) is 6. The van der Waals surface area contributed by atoms with Crippen LogP contribution in [0.5, 0.6) is 0 Å². The maximum absolute atomic E-state index is 13.1. The second-order valence-corrected chi connectivity index (χ2v) is 6.26. The molecule has 0 saturated carbocycles. The molecule has 28 heavy (non-hydrogen) atoms. The fourth-order valence-corrected chi connectivity index (χ4v) is 3.13. The molecule has 1 aliphatic carbocycles. The van der Waals surface area contributed by atoms with Crippen LogP contribution in [0.3, 0.4) is 0 Å². The molecule has 1 aliphatic rings. The molecule has 2 aromatic carbocycles. The van der Waals surface area contributed by atoms with Crippen molar-refractivity contribution in [2.24, 2.45) is 0 Å². The number of ketones is 2. The Morgan fingerprint density at radius 1 is 0.714 bits per heavy atom. The molecule has 0 aromatic heterocycles. The van der Waals surface area contributed by atoms with Crippen LogP contribution in [0.15, 0.2) is 36.4 Å². The number of carboxylic acid groups (broad SMARTS) is 2. The van der Waals surface area contributed by atoms with Gasteiger partial charge >= 0.3 is 11.9 Å². The second-order valence-electron chi connectivity index (χ2n) is 6.26. The fraction of sp³-hybridized carbons (Fsp3) is 0.200. The van der Waals surface area contributed by atoms with E-state index in [1.165, 1.54) is 0 Å². The van der Waals surface area contributed by atoms with Crippen molar-refractivity contribution in [3.63, 3.8) is 0 Å². The predicted molar refractivity (Wildman–Crippen MR) is 101 cm³/mol. The highest BCUT2D eigenvalue weighted by Crippen LogP contribution is 2.36. The molecule has 8 heteroatoms. The number of aliphatic carboxylic acids is 2. The van der Waals surface area contributed by atoms with Gasteiger partial charge in [0.2, 0.25) is 0 Å². The summed E-state index contributed by atoms with van der Waals surface area (Å²) in [4.78, 5) is 47.7. The molecule has 2 aromatic rings. The van der Waals surface area contributed by atoms with Gasteiger partial charge in [-0.05, 0) is 12.1 Å². The SMILES string of the molecule is O=C(O)CCNc1ccc(NCCC(=O)O)c2c1C(=O)c1ccccc1C2=O. The summed E-state index contributed by atoms with van der Waals surface area (Å²) in [5.41, 5.74) is 1.62. The Hall–Kier alpha value is -3.68. The molecule has 8 nitrogen and oxygen atoms in total. The van der Waals surface area contributed by atoms with Gasteiger partial charge in [0, 0.05) is 35.6 Å². The number of benzene rings is 2. The Bertz CT molecular complexity index is 905. The van der Waals surface area contributed by atoms with E-state index in [2.05, 4.69) is 10.6 Å². The standard InChI is InChI=1S/C20H18N2O6/c23-15(24)7-9-21-13-5-6-14(22-10-8-16(25)26)18-17(13)19(27)11-3-1-2-4-12(11)20(18)28/h1-6,21-22H,7-10H2,(H,23,24)(H,25,26). The largest absolute Gasteiger partial charge is 0.481 e. The average molecular weight is 382 g/mol. The first-order chi connectivity index (χ1) is 13.4. The summed E-state index contributed by atoms with van der Waals surface area (Å²) < 4.78 is 0. The first-order valence-electron chi connectivity index (χ1n) is 8.67. The molecule has 0 saturated heterocycles. The van der Waals surface area contributed by atoms with E-state index < -0.39 is 11.9 Å². The lowest BCUT2D eigenvalue weighted by Crippen LogP contribution is -2.25. The van der Waals surface area contributed by atoms with Gasteiger partial charge in [-0.3, -0.25) is 19.2 Å². The lowest BCUT2D eigenvalue weighted by Gasteiger charge is -2.23. The first kappa shape index (κ1) is 19.1. The van der Waals surface area contributed by atoms with Crippen LogP contribution in [0.25, 0.3) is 0 Å². The highest BCUT2D eigenvalue weighted by atomic mass is 16.4. The van der Waals surface area contributed by atoms with Gasteiger partial charge in [-0.1, -0.05) is 24.3 Å². The zero-order valence-corrected chi connectivity index (χ0v) is 14.8. The molecule has 0 unspecified atom stereocenters. The van der Waals surface area contributed by atoms with Gasteiger partial charge in [0.05, 0.1) is 24.0 Å². The van der Waals surface area contributed by atoms with Crippen molar-refractivity contribution >= 4 is 34.9 Å². The van der Waals surface area contributed by atoms with Gasteiger partial charge in [-0.2, -0.15) is 0 Å². The first-order valence-corrected chi connectivity index (χ1v) is 8.67. The summed E-state index contributed by atoms with van der Waals surface area (Å²) in [6.07, 6.45) is -0.293. The Labute approximate surface area is 160 Å². The Morgan fingerprint density at radius 2 is 1.11 bits per heavy atom. The smallest absolute Gasteiger partial charge is 0.305 e. The minimum Gasteiger partial charge on any atom is -0.481 e. The number of hydrogen-bond donors (Lipinski definition) is 4.